The summed E-state index contributed by atoms with van der Waals surface area (Å²) in [7, 11) is 2.03. The van der Waals surface area contributed by atoms with E-state index in [1.165, 1.54) is 25.0 Å². The summed E-state index contributed by atoms with van der Waals surface area (Å²) in [5.41, 5.74) is 1.11. The van der Waals surface area contributed by atoms with Crippen molar-refractivity contribution in [3.8, 4) is 0 Å². The van der Waals surface area contributed by atoms with Crippen LogP contribution in [0.5, 0.6) is 0 Å². The van der Waals surface area contributed by atoms with E-state index in [1.54, 1.807) is 0 Å². The second-order valence-electron chi connectivity index (χ2n) is 4.75. The van der Waals surface area contributed by atoms with Crippen LogP contribution in [0.15, 0.2) is 24.3 Å². The lowest BCUT2D eigenvalue weighted by Crippen LogP contribution is -2.41. The number of hydrogen-bond acceptors (Lipinski definition) is 2. The first-order valence-electron chi connectivity index (χ1n) is 6.42. The maximum Gasteiger partial charge on any atom is 0.123 e. The van der Waals surface area contributed by atoms with Gasteiger partial charge in [-0.3, -0.25) is 0 Å². The third kappa shape index (κ3) is 3.19. The van der Waals surface area contributed by atoms with E-state index in [0.29, 0.717) is 6.04 Å². The molecule has 1 N–H and O–H groups in total. The topological polar surface area (TPSA) is 15.3 Å². The first kappa shape index (κ1) is 12.4. The van der Waals surface area contributed by atoms with E-state index in [-0.39, 0.29) is 5.82 Å². The van der Waals surface area contributed by atoms with Gasteiger partial charge in [0.15, 0.2) is 0 Å². The van der Waals surface area contributed by atoms with Crippen LogP contribution in [0.3, 0.4) is 0 Å². The second kappa shape index (κ2) is 5.50. The van der Waals surface area contributed by atoms with Gasteiger partial charge in [0.2, 0.25) is 0 Å². The molecule has 1 aliphatic rings. The molecule has 1 atom stereocenters. The summed E-state index contributed by atoms with van der Waals surface area (Å²) < 4.78 is 12.9. The van der Waals surface area contributed by atoms with Crippen molar-refractivity contribution in [2.24, 2.45) is 5.92 Å². The normalized spacial score (nSPS) is 16.9. The van der Waals surface area contributed by atoms with Crippen LogP contribution in [-0.2, 0) is 0 Å². The Bertz CT molecular complexity index is 346. The van der Waals surface area contributed by atoms with Gasteiger partial charge in [-0.25, -0.2) is 4.39 Å². The Morgan fingerprint density at radius 1 is 1.35 bits per heavy atom. The molecule has 0 heterocycles. The highest BCUT2D eigenvalue weighted by atomic mass is 19.1. The van der Waals surface area contributed by atoms with Crippen molar-refractivity contribution in [1.82, 2.24) is 5.32 Å². The standard InChI is InChI=1S/C14H21FN2/c1-3-17(10-14(16-2)11-4-5-11)13-8-6-12(15)7-9-13/h6-9,11,14,16H,3-5,10H2,1-2H3. The van der Waals surface area contributed by atoms with E-state index in [2.05, 4.69) is 17.1 Å². The minimum atomic E-state index is -0.169. The highest BCUT2D eigenvalue weighted by Crippen LogP contribution is 2.33. The van der Waals surface area contributed by atoms with Gasteiger partial charge in [0.1, 0.15) is 5.82 Å². The van der Waals surface area contributed by atoms with Gasteiger partial charge in [-0.05, 0) is 57.0 Å². The summed E-state index contributed by atoms with van der Waals surface area (Å²) >= 11 is 0. The largest absolute Gasteiger partial charge is 0.370 e. The molecule has 1 saturated carbocycles. The summed E-state index contributed by atoms with van der Waals surface area (Å²) in [5.74, 6) is 0.659. The molecular weight excluding hydrogens is 215 g/mol. The quantitative estimate of drug-likeness (QED) is 0.817. The van der Waals surface area contributed by atoms with E-state index in [1.807, 2.05) is 19.2 Å². The van der Waals surface area contributed by atoms with Gasteiger partial charge in [0.25, 0.3) is 0 Å². The minimum absolute atomic E-state index is 0.169. The number of anilines is 1. The van der Waals surface area contributed by atoms with Gasteiger partial charge in [-0.15, -0.1) is 0 Å². The average Bonchev–Trinajstić information content (AvgIpc) is 3.17. The summed E-state index contributed by atoms with van der Waals surface area (Å²) in [6.45, 7) is 4.10. The SMILES string of the molecule is CCN(CC(NC)C1CC1)c1ccc(F)cc1. The van der Waals surface area contributed by atoms with Crippen LogP contribution >= 0.6 is 0 Å². The molecule has 94 valence electrons. The van der Waals surface area contributed by atoms with E-state index >= 15 is 0 Å². The Hall–Kier alpha value is -1.09. The van der Waals surface area contributed by atoms with Gasteiger partial charge in [-0.1, -0.05) is 0 Å². The van der Waals surface area contributed by atoms with Crippen LogP contribution in [0.25, 0.3) is 0 Å². The van der Waals surface area contributed by atoms with Crippen LogP contribution in [0.2, 0.25) is 0 Å². The maximum absolute atomic E-state index is 12.9. The van der Waals surface area contributed by atoms with Crippen molar-refractivity contribution in [3.05, 3.63) is 30.1 Å². The lowest BCUT2D eigenvalue weighted by atomic mass is 10.1. The molecular formula is C14H21FN2. The molecule has 1 aromatic carbocycles. The Morgan fingerprint density at radius 3 is 2.47 bits per heavy atom. The molecule has 1 unspecified atom stereocenters. The molecule has 0 bridgehead atoms. The van der Waals surface area contributed by atoms with E-state index in [0.717, 1.165) is 24.7 Å². The third-order valence-electron chi connectivity index (χ3n) is 3.55. The summed E-state index contributed by atoms with van der Waals surface area (Å²) in [4.78, 5) is 2.30. The maximum atomic E-state index is 12.9. The van der Waals surface area contributed by atoms with Crippen molar-refractivity contribution in [2.45, 2.75) is 25.8 Å². The second-order valence-corrected chi connectivity index (χ2v) is 4.75. The van der Waals surface area contributed by atoms with Crippen molar-refractivity contribution < 1.29 is 4.39 Å². The molecule has 1 aliphatic carbocycles. The molecule has 2 rings (SSSR count). The monoisotopic (exact) mass is 236 g/mol. The number of benzene rings is 1. The summed E-state index contributed by atoms with van der Waals surface area (Å²) in [6, 6.07) is 7.34. The van der Waals surface area contributed by atoms with Gasteiger partial charge in [0, 0.05) is 24.8 Å². The van der Waals surface area contributed by atoms with Gasteiger partial charge < -0.3 is 10.2 Å². The predicted octanol–water partition coefficient (Wildman–Crippen LogP) is 2.65. The Kier molecular flexibility index (Phi) is 4.00. The highest BCUT2D eigenvalue weighted by molar-refractivity contribution is 5.46. The van der Waals surface area contributed by atoms with Crippen LogP contribution in [0, 0.1) is 11.7 Å². The van der Waals surface area contributed by atoms with Crippen LogP contribution < -0.4 is 10.2 Å². The molecule has 1 aromatic rings. The molecule has 17 heavy (non-hydrogen) atoms. The summed E-state index contributed by atoms with van der Waals surface area (Å²) in [5, 5.41) is 3.39. The highest BCUT2D eigenvalue weighted by Gasteiger charge is 2.31. The minimum Gasteiger partial charge on any atom is -0.370 e. The molecule has 2 nitrogen and oxygen atoms in total. The fourth-order valence-electron chi connectivity index (χ4n) is 2.28. The number of nitrogens with one attached hydrogen (secondary N) is 1. The lowest BCUT2D eigenvalue weighted by molar-refractivity contribution is 0.496. The fourth-order valence-corrected chi connectivity index (χ4v) is 2.28. The van der Waals surface area contributed by atoms with Gasteiger partial charge in [-0.2, -0.15) is 0 Å². The molecule has 0 aliphatic heterocycles. The zero-order chi connectivity index (χ0) is 12.3. The number of likely N-dealkylation sites (N-methyl/N-ethyl adjacent to an activating group) is 2. The first-order valence-corrected chi connectivity index (χ1v) is 6.42. The third-order valence-corrected chi connectivity index (χ3v) is 3.55. The van der Waals surface area contributed by atoms with E-state index in [4.69, 9.17) is 0 Å². The Labute approximate surface area is 103 Å². The zero-order valence-corrected chi connectivity index (χ0v) is 10.6. The lowest BCUT2D eigenvalue weighted by Gasteiger charge is -2.28. The van der Waals surface area contributed by atoms with Crippen LogP contribution in [-0.4, -0.2) is 26.2 Å². The number of hydrogen-bond donors (Lipinski definition) is 1. The number of halogens is 1. The van der Waals surface area contributed by atoms with Crippen molar-refractivity contribution in [2.75, 3.05) is 25.0 Å². The average molecular weight is 236 g/mol. The van der Waals surface area contributed by atoms with E-state index in [9.17, 15) is 4.39 Å². The van der Waals surface area contributed by atoms with Gasteiger partial charge in [0.05, 0.1) is 0 Å². The molecule has 0 saturated heterocycles. The molecule has 0 radical (unpaired) electrons. The summed E-state index contributed by atoms with van der Waals surface area (Å²) in [6.07, 6.45) is 2.68. The first-order chi connectivity index (χ1) is 8.24. The number of rotatable bonds is 6. The van der Waals surface area contributed by atoms with Crippen molar-refractivity contribution in [3.63, 3.8) is 0 Å². The Morgan fingerprint density at radius 2 is 2.00 bits per heavy atom. The van der Waals surface area contributed by atoms with Crippen LogP contribution in [0.1, 0.15) is 19.8 Å². The van der Waals surface area contributed by atoms with Crippen LogP contribution in [0.4, 0.5) is 10.1 Å². The fraction of sp³-hybridized carbons (Fsp3) is 0.571. The molecule has 1 fully saturated rings. The van der Waals surface area contributed by atoms with Gasteiger partial charge >= 0.3 is 0 Å². The smallest absolute Gasteiger partial charge is 0.123 e. The number of nitrogens with zero attached hydrogens (tertiary/aromatic N) is 1. The van der Waals surface area contributed by atoms with Crippen molar-refractivity contribution >= 4 is 5.69 Å². The zero-order valence-electron chi connectivity index (χ0n) is 10.6. The van der Waals surface area contributed by atoms with E-state index < -0.39 is 0 Å². The molecule has 0 amide bonds. The molecule has 3 heteroatoms. The molecule has 0 aromatic heterocycles. The molecule has 0 spiro atoms. The predicted molar refractivity (Wildman–Crippen MR) is 69.9 cm³/mol. The van der Waals surface area contributed by atoms with Crippen molar-refractivity contribution in [1.29, 1.82) is 0 Å². The Balaban J connectivity index is 2.02.